The molecule has 2 rings (SSSR count). The summed E-state index contributed by atoms with van der Waals surface area (Å²) in [6, 6.07) is 7.82. The molecule has 0 spiro atoms. The number of aromatic nitrogens is 2. The number of hydrogen-bond acceptors (Lipinski definition) is 4. The molecule has 124 valence electrons. The van der Waals surface area contributed by atoms with Gasteiger partial charge < -0.3 is 14.6 Å². The standard InChI is InChI=1S/C16H20ClN3OS2/c1-10(2)14-15(23-12-7-5-6-11(17)8-12)20(4)13(19-14)9-21-16(22)18-3/h5-8,10H,9H2,1-4H3,(H,18,22). The smallest absolute Gasteiger partial charge is 0.256 e. The van der Waals surface area contributed by atoms with Gasteiger partial charge in [0, 0.05) is 24.0 Å². The zero-order chi connectivity index (χ0) is 17.0. The molecule has 0 saturated heterocycles. The van der Waals surface area contributed by atoms with E-state index in [1.807, 2.05) is 31.3 Å². The van der Waals surface area contributed by atoms with Gasteiger partial charge >= 0.3 is 0 Å². The Morgan fingerprint density at radius 1 is 1.48 bits per heavy atom. The Balaban J connectivity index is 2.30. The van der Waals surface area contributed by atoms with E-state index in [1.165, 1.54) is 0 Å². The fraction of sp³-hybridized carbons (Fsp3) is 0.375. The minimum Gasteiger partial charge on any atom is -0.463 e. The number of rotatable bonds is 5. The average molecular weight is 370 g/mol. The third-order valence-corrected chi connectivity index (χ3v) is 4.98. The molecule has 0 unspecified atom stereocenters. The fourth-order valence-electron chi connectivity index (χ4n) is 2.02. The summed E-state index contributed by atoms with van der Waals surface area (Å²) < 4.78 is 7.54. The van der Waals surface area contributed by atoms with E-state index in [0.29, 0.717) is 17.7 Å². The van der Waals surface area contributed by atoms with Crippen molar-refractivity contribution >= 4 is 40.8 Å². The summed E-state index contributed by atoms with van der Waals surface area (Å²) in [5.41, 5.74) is 1.05. The van der Waals surface area contributed by atoms with Crippen LogP contribution in [0.2, 0.25) is 5.02 Å². The van der Waals surface area contributed by atoms with Crippen LogP contribution in [0.25, 0.3) is 0 Å². The molecule has 23 heavy (non-hydrogen) atoms. The average Bonchev–Trinajstić information content (AvgIpc) is 2.82. The van der Waals surface area contributed by atoms with Crippen LogP contribution < -0.4 is 5.32 Å². The second kappa shape index (κ2) is 8.04. The maximum atomic E-state index is 6.08. The van der Waals surface area contributed by atoms with Crippen LogP contribution in [0.3, 0.4) is 0 Å². The maximum Gasteiger partial charge on any atom is 0.256 e. The summed E-state index contributed by atoms with van der Waals surface area (Å²) in [7, 11) is 3.73. The summed E-state index contributed by atoms with van der Waals surface area (Å²) in [6.45, 7) is 4.60. The Bertz CT molecular complexity index is 701. The van der Waals surface area contributed by atoms with E-state index in [-0.39, 0.29) is 0 Å². The van der Waals surface area contributed by atoms with Crippen molar-refractivity contribution in [1.29, 1.82) is 0 Å². The number of imidazole rings is 1. The van der Waals surface area contributed by atoms with Crippen molar-refractivity contribution in [2.24, 2.45) is 7.05 Å². The van der Waals surface area contributed by atoms with Crippen LogP contribution in [-0.2, 0) is 18.4 Å². The monoisotopic (exact) mass is 369 g/mol. The molecular formula is C16H20ClN3OS2. The van der Waals surface area contributed by atoms with Crippen LogP contribution in [0.1, 0.15) is 31.3 Å². The van der Waals surface area contributed by atoms with E-state index in [0.717, 1.165) is 26.5 Å². The molecule has 0 fully saturated rings. The molecule has 2 aromatic rings. The summed E-state index contributed by atoms with van der Waals surface area (Å²) in [5.74, 6) is 1.16. The molecular weight excluding hydrogens is 350 g/mol. The summed E-state index contributed by atoms with van der Waals surface area (Å²) in [6.07, 6.45) is 0. The van der Waals surface area contributed by atoms with Crippen LogP contribution >= 0.6 is 35.6 Å². The predicted molar refractivity (Wildman–Crippen MR) is 99.3 cm³/mol. The number of hydrogen-bond donors (Lipinski definition) is 1. The first-order valence-corrected chi connectivity index (χ1v) is 8.86. The first-order valence-electron chi connectivity index (χ1n) is 7.25. The van der Waals surface area contributed by atoms with E-state index in [4.69, 9.17) is 33.5 Å². The SMILES string of the molecule is CNC(=S)OCc1nc(C(C)C)c(Sc2cccc(Cl)c2)n1C. The lowest BCUT2D eigenvalue weighted by Crippen LogP contribution is -2.19. The highest BCUT2D eigenvalue weighted by atomic mass is 35.5. The van der Waals surface area contributed by atoms with Crippen molar-refractivity contribution in [3.05, 3.63) is 40.8 Å². The molecule has 1 heterocycles. The summed E-state index contributed by atoms with van der Waals surface area (Å²) in [5, 5.41) is 4.98. The maximum absolute atomic E-state index is 6.08. The van der Waals surface area contributed by atoms with Gasteiger partial charge in [0.25, 0.3) is 5.17 Å². The molecule has 1 N–H and O–H groups in total. The summed E-state index contributed by atoms with van der Waals surface area (Å²) in [4.78, 5) is 5.81. The lowest BCUT2D eigenvalue weighted by atomic mass is 10.2. The highest BCUT2D eigenvalue weighted by molar-refractivity contribution is 7.99. The molecule has 0 amide bonds. The van der Waals surface area contributed by atoms with Crippen LogP contribution in [-0.4, -0.2) is 21.8 Å². The molecule has 1 aromatic carbocycles. The molecule has 4 nitrogen and oxygen atoms in total. The van der Waals surface area contributed by atoms with E-state index in [1.54, 1.807) is 18.8 Å². The lowest BCUT2D eigenvalue weighted by molar-refractivity contribution is 0.274. The van der Waals surface area contributed by atoms with Crippen molar-refractivity contribution in [3.8, 4) is 0 Å². The number of nitrogens with one attached hydrogen (secondary N) is 1. The van der Waals surface area contributed by atoms with Gasteiger partial charge in [0.1, 0.15) is 17.5 Å². The van der Waals surface area contributed by atoms with Gasteiger partial charge in [0.05, 0.1) is 5.69 Å². The Morgan fingerprint density at radius 2 is 2.22 bits per heavy atom. The third-order valence-electron chi connectivity index (χ3n) is 3.25. The molecule has 0 aliphatic carbocycles. The first-order chi connectivity index (χ1) is 10.9. The number of benzene rings is 1. The Labute approximate surface area is 151 Å². The minimum absolute atomic E-state index is 0.313. The predicted octanol–water partition coefficient (Wildman–Crippen LogP) is 4.37. The zero-order valence-corrected chi connectivity index (χ0v) is 16.0. The van der Waals surface area contributed by atoms with Gasteiger partial charge in [0.2, 0.25) is 0 Å². The Morgan fingerprint density at radius 3 is 2.83 bits per heavy atom. The Kier molecular flexibility index (Phi) is 6.33. The minimum atomic E-state index is 0.313. The van der Waals surface area contributed by atoms with Crippen molar-refractivity contribution in [2.45, 2.75) is 36.3 Å². The molecule has 7 heteroatoms. The van der Waals surface area contributed by atoms with Crippen LogP contribution in [0.5, 0.6) is 0 Å². The summed E-state index contributed by atoms with van der Waals surface area (Å²) >= 11 is 12.8. The molecule has 1 aromatic heterocycles. The highest BCUT2D eigenvalue weighted by Crippen LogP contribution is 2.35. The quantitative estimate of drug-likeness (QED) is 0.792. The zero-order valence-electron chi connectivity index (χ0n) is 13.6. The van der Waals surface area contributed by atoms with Gasteiger partial charge in [-0.1, -0.05) is 43.3 Å². The van der Waals surface area contributed by atoms with Gasteiger partial charge in [-0.3, -0.25) is 0 Å². The molecule has 0 saturated carbocycles. The normalized spacial score (nSPS) is 10.9. The van der Waals surface area contributed by atoms with E-state index in [2.05, 4.69) is 23.7 Å². The van der Waals surface area contributed by atoms with Crippen LogP contribution in [0, 0.1) is 0 Å². The highest BCUT2D eigenvalue weighted by Gasteiger charge is 2.19. The van der Waals surface area contributed by atoms with Crippen LogP contribution in [0.15, 0.2) is 34.2 Å². The van der Waals surface area contributed by atoms with Crippen molar-refractivity contribution in [1.82, 2.24) is 14.9 Å². The number of nitrogens with zero attached hydrogens (tertiary/aromatic N) is 2. The van der Waals surface area contributed by atoms with Crippen molar-refractivity contribution < 1.29 is 4.74 Å². The fourth-order valence-corrected chi connectivity index (χ4v) is 3.52. The lowest BCUT2D eigenvalue weighted by Gasteiger charge is -2.09. The van der Waals surface area contributed by atoms with Crippen molar-refractivity contribution in [3.63, 3.8) is 0 Å². The largest absolute Gasteiger partial charge is 0.463 e. The number of ether oxygens (including phenoxy) is 1. The molecule has 0 aliphatic heterocycles. The Hall–Kier alpha value is -1.24. The molecule has 0 bridgehead atoms. The van der Waals surface area contributed by atoms with Crippen LogP contribution in [0.4, 0.5) is 0 Å². The van der Waals surface area contributed by atoms with Gasteiger partial charge in [-0.25, -0.2) is 4.98 Å². The number of thiocarbonyl (C=S) groups is 1. The van der Waals surface area contributed by atoms with Crippen molar-refractivity contribution in [2.75, 3.05) is 7.05 Å². The molecule has 0 radical (unpaired) electrons. The third kappa shape index (κ3) is 4.62. The van der Waals surface area contributed by atoms with E-state index in [9.17, 15) is 0 Å². The van der Waals surface area contributed by atoms with Gasteiger partial charge in [-0.2, -0.15) is 0 Å². The van der Waals surface area contributed by atoms with E-state index < -0.39 is 0 Å². The van der Waals surface area contributed by atoms with Gasteiger partial charge in [-0.15, -0.1) is 0 Å². The molecule has 0 atom stereocenters. The topological polar surface area (TPSA) is 39.1 Å². The van der Waals surface area contributed by atoms with E-state index >= 15 is 0 Å². The van der Waals surface area contributed by atoms with Gasteiger partial charge in [-0.05, 0) is 36.3 Å². The first kappa shape index (κ1) is 18.1. The second-order valence-corrected chi connectivity index (χ2v) is 7.19. The molecule has 0 aliphatic rings. The number of halogens is 1. The van der Waals surface area contributed by atoms with Gasteiger partial charge in [0.15, 0.2) is 0 Å². The second-order valence-electron chi connectivity index (χ2n) is 5.32.